The molecule has 0 aliphatic carbocycles. The molecule has 1 aromatic rings. The summed E-state index contributed by atoms with van der Waals surface area (Å²) in [6.07, 6.45) is 0. The lowest BCUT2D eigenvalue weighted by molar-refractivity contribution is 0.597. The van der Waals surface area contributed by atoms with Crippen LogP contribution >= 0.6 is 0 Å². The van der Waals surface area contributed by atoms with E-state index in [9.17, 15) is 8.42 Å². The van der Waals surface area contributed by atoms with Gasteiger partial charge in [0.15, 0.2) is 0 Å². The van der Waals surface area contributed by atoms with Crippen molar-refractivity contribution in [2.75, 3.05) is 0 Å². The Bertz CT molecular complexity index is 519. The molecule has 0 atom stereocenters. The fraction of sp³-hybridized carbons (Fsp3) is 0.364. The highest BCUT2D eigenvalue weighted by Crippen LogP contribution is 2.25. The SMILES string of the molecule is CC(=N)C(C)(C)c1cccc(S(N)(=O)=O)c1. The minimum Gasteiger partial charge on any atom is -0.309 e. The molecule has 0 fully saturated rings. The van der Waals surface area contributed by atoms with E-state index in [1.54, 1.807) is 19.1 Å². The summed E-state index contributed by atoms with van der Waals surface area (Å²) < 4.78 is 22.4. The summed E-state index contributed by atoms with van der Waals surface area (Å²) in [5.74, 6) is 0. The first kappa shape index (κ1) is 12.9. The molecule has 0 aromatic heterocycles. The van der Waals surface area contributed by atoms with E-state index in [-0.39, 0.29) is 4.90 Å². The standard InChI is InChI=1S/C11H16N2O2S/c1-8(12)11(2,3)9-5-4-6-10(7-9)16(13,14)15/h4-7,12H,1-3H3,(H2,13,14,15). The molecule has 3 N–H and O–H groups in total. The summed E-state index contributed by atoms with van der Waals surface area (Å²) in [5.41, 5.74) is 0.756. The second kappa shape index (κ2) is 3.99. The lowest BCUT2D eigenvalue weighted by Crippen LogP contribution is -2.26. The first-order valence-electron chi connectivity index (χ1n) is 4.84. The van der Waals surface area contributed by atoms with Gasteiger partial charge in [0.2, 0.25) is 10.0 Å². The van der Waals surface area contributed by atoms with Gasteiger partial charge in [-0.3, -0.25) is 0 Å². The van der Waals surface area contributed by atoms with E-state index in [1.165, 1.54) is 12.1 Å². The molecule has 1 rings (SSSR count). The van der Waals surface area contributed by atoms with Crippen LogP contribution in [-0.2, 0) is 15.4 Å². The van der Waals surface area contributed by atoms with Crippen LogP contribution in [0.5, 0.6) is 0 Å². The van der Waals surface area contributed by atoms with Gasteiger partial charge >= 0.3 is 0 Å². The van der Waals surface area contributed by atoms with E-state index in [1.807, 2.05) is 13.8 Å². The third-order valence-corrected chi connectivity index (χ3v) is 3.73. The average Bonchev–Trinajstić information content (AvgIpc) is 2.16. The van der Waals surface area contributed by atoms with Gasteiger partial charge in [-0.1, -0.05) is 26.0 Å². The summed E-state index contributed by atoms with van der Waals surface area (Å²) >= 11 is 0. The van der Waals surface area contributed by atoms with Crippen molar-refractivity contribution in [2.45, 2.75) is 31.1 Å². The van der Waals surface area contributed by atoms with Crippen molar-refractivity contribution in [1.29, 1.82) is 5.41 Å². The second-order valence-electron chi connectivity index (χ2n) is 4.32. The van der Waals surface area contributed by atoms with E-state index >= 15 is 0 Å². The zero-order valence-electron chi connectivity index (χ0n) is 9.61. The fourth-order valence-electron chi connectivity index (χ4n) is 1.28. The first-order valence-corrected chi connectivity index (χ1v) is 6.39. The molecule has 5 heteroatoms. The van der Waals surface area contributed by atoms with E-state index in [0.29, 0.717) is 5.71 Å². The Morgan fingerprint density at radius 2 is 1.94 bits per heavy atom. The molecule has 0 bridgehead atoms. The van der Waals surface area contributed by atoms with Crippen LogP contribution in [0.1, 0.15) is 26.3 Å². The van der Waals surface area contributed by atoms with Gasteiger partial charge in [-0.05, 0) is 24.6 Å². The van der Waals surface area contributed by atoms with Crippen LogP contribution in [-0.4, -0.2) is 14.1 Å². The lowest BCUT2D eigenvalue weighted by atomic mass is 9.81. The van der Waals surface area contributed by atoms with E-state index in [2.05, 4.69) is 0 Å². The molecule has 0 aliphatic heterocycles. The first-order chi connectivity index (χ1) is 7.15. The van der Waals surface area contributed by atoms with Crippen LogP contribution in [0.3, 0.4) is 0 Å². The number of rotatable bonds is 3. The zero-order valence-corrected chi connectivity index (χ0v) is 10.4. The van der Waals surface area contributed by atoms with Crippen molar-refractivity contribution in [3.63, 3.8) is 0 Å². The number of nitrogens with one attached hydrogen (secondary N) is 1. The van der Waals surface area contributed by atoms with Crippen LogP contribution in [0, 0.1) is 5.41 Å². The van der Waals surface area contributed by atoms with Crippen LogP contribution in [0.4, 0.5) is 0 Å². The molecule has 88 valence electrons. The molecule has 1 aromatic carbocycles. The quantitative estimate of drug-likeness (QED) is 0.787. The summed E-state index contributed by atoms with van der Waals surface area (Å²) in [6, 6.07) is 6.41. The highest BCUT2D eigenvalue weighted by atomic mass is 32.2. The smallest absolute Gasteiger partial charge is 0.238 e. The van der Waals surface area contributed by atoms with Crippen LogP contribution in [0.25, 0.3) is 0 Å². The number of nitrogens with two attached hydrogens (primary N) is 1. The molecular formula is C11H16N2O2S. The molecule has 0 unspecified atom stereocenters. The Kier molecular flexibility index (Phi) is 3.21. The average molecular weight is 240 g/mol. The summed E-state index contributed by atoms with van der Waals surface area (Å²) in [6.45, 7) is 5.44. The van der Waals surface area contributed by atoms with Crippen molar-refractivity contribution in [2.24, 2.45) is 5.14 Å². The third kappa shape index (κ3) is 2.48. The maximum atomic E-state index is 11.2. The molecule has 0 aliphatic rings. The van der Waals surface area contributed by atoms with Crippen LogP contribution in [0.15, 0.2) is 29.2 Å². The highest BCUT2D eigenvalue weighted by molar-refractivity contribution is 7.89. The van der Waals surface area contributed by atoms with Gasteiger partial charge in [-0.2, -0.15) is 0 Å². The highest BCUT2D eigenvalue weighted by Gasteiger charge is 2.24. The molecule has 0 saturated carbocycles. The lowest BCUT2D eigenvalue weighted by Gasteiger charge is -2.24. The minimum atomic E-state index is -3.68. The van der Waals surface area contributed by atoms with Crippen molar-refractivity contribution >= 4 is 15.7 Å². The molecule has 0 heterocycles. The Morgan fingerprint density at radius 1 is 1.38 bits per heavy atom. The maximum Gasteiger partial charge on any atom is 0.238 e. The number of primary sulfonamides is 1. The number of hydrogen-bond donors (Lipinski definition) is 2. The minimum absolute atomic E-state index is 0.0827. The topological polar surface area (TPSA) is 84.0 Å². The van der Waals surface area contributed by atoms with Crippen molar-refractivity contribution < 1.29 is 8.42 Å². The Balaban J connectivity index is 3.34. The monoisotopic (exact) mass is 240 g/mol. The molecule has 0 amide bonds. The number of hydrogen-bond acceptors (Lipinski definition) is 3. The molecular weight excluding hydrogens is 224 g/mol. The number of benzene rings is 1. The molecule has 0 spiro atoms. The van der Waals surface area contributed by atoms with Gasteiger partial charge in [0.05, 0.1) is 4.90 Å². The summed E-state index contributed by atoms with van der Waals surface area (Å²) in [4.78, 5) is 0.0827. The number of sulfonamides is 1. The largest absolute Gasteiger partial charge is 0.309 e. The second-order valence-corrected chi connectivity index (χ2v) is 5.88. The molecule has 16 heavy (non-hydrogen) atoms. The van der Waals surface area contributed by atoms with E-state index < -0.39 is 15.4 Å². The normalized spacial score (nSPS) is 12.5. The van der Waals surface area contributed by atoms with E-state index in [4.69, 9.17) is 10.5 Å². The maximum absolute atomic E-state index is 11.2. The van der Waals surface area contributed by atoms with Crippen molar-refractivity contribution in [3.8, 4) is 0 Å². The van der Waals surface area contributed by atoms with Gasteiger partial charge in [-0.15, -0.1) is 0 Å². The fourth-order valence-corrected chi connectivity index (χ4v) is 1.84. The Labute approximate surface area is 96.0 Å². The Hall–Kier alpha value is -1.20. The van der Waals surface area contributed by atoms with Gasteiger partial charge in [0.1, 0.15) is 0 Å². The van der Waals surface area contributed by atoms with Crippen LogP contribution < -0.4 is 5.14 Å². The van der Waals surface area contributed by atoms with Crippen molar-refractivity contribution in [3.05, 3.63) is 29.8 Å². The van der Waals surface area contributed by atoms with Gasteiger partial charge in [0, 0.05) is 11.1 Å². The van der Waals surface area contributed by atoms with Crippen LogP contribution in [0.2, 0.25) is 0 Å². The predicted octanol–water partition coefficient (Wildman–Crippen LogP) is 1.65. The molecule has 4 nitrogen and oxygen atoms in total. The predicted molar refractivity (Wildman–Crippen MR) is 64.2 cm³/mol. The van der Waals surface area contributed by atoms with Gasteiger partial charge in [0.25, 0.3) is 0 Å². The zero-order chi connectivity index (χ0) is 12.6. The summed E-state index contributed by atoms with van der Waals surface area (Å²) in [5, 5.41) is 12.7. The Morgan fingerprint density at radius 3 is 2.38 bits per heavy atom. The summed E-state index contributed by atoms with van der Waals surface area (Å²) in [7, 11) is -3.68. The molecule has 0 radical (unpaired) electrons. The van der Waals surface area contributed by atoms with Crippen molar-refractivity contribution in [1.82, 2.24) is 0 Å². The van der Waals surface area contributed by atoms with Gasteiger partial charge in [-0.25, -0.2) is 13.6 Å². The molecule has 0 saturated heterocycles. The van der Waals surface area contributed by atoms with Gasteiger partial charge < -0.3 is 5.41 Å². The third-order valence-electron chi connectivity index (χ3n) is 2.82. The van der Waals surface area contributed by atoms with E-state index in [0.717, 1.165) is 5.56 Å².